The number of aromatic nitrogens is 3. The van der Waals surface area contributed by atoms with Crippen LogP contribution >= 0.6 is 11.3 Å². The van der Waals surface area contributed by atoms with Crippen molar-refractivity contribution in [1.82, 2.24) is 15.0 Å². The van der Waals surface area contributed by atoms with Gasteiger partial charge < -0.3 is 5.32 Å². The van der Waals surface area contributed by atoms with Gasteiger partial charge in [0.05, 0.1) is 11.6 Å². The van der Waals surface area contributed by atoms with Gasteiger partial charge in [0.25, 0.3) is 0 Å². The summed E-state index contributed by atoms with van der Waals surface area (Å²) in [5, 5.41) is 4.05. The van der Waals surface area contributed by atoms with Crippen LogP contribution in [0.25, 0.3) is 21.7 Å². The largest absolute Gasteiger partial charge is 0.372 e. The molecule has 0 saturated carbocycles. The van der Waals surface area contributed by atoms with E-state index in [1.165, 1.54) is 17.1 Å². The Morgan fingerprint density at radius 2 is 2.11 bits per heavy atom. The van der Waals surface area contributed by atoms with E-state index in [2.05, 4.69) is 20.3 Å². The summed E-state index contributed by atoms with van der Waals surface area (Å²) in [5.41, 5.74) is 0.561. The fraction of sp³-hybridized carbons (Fsp3) is 0.154. The first kappa shape index (κ1) is 12.0. The average molecular weight is 274 g/mol. The summed E-state index contributed by atoms with van der Waals surface area (Å²) in [4.78, 5) is 15.0. The van der Waals surface area contributed by atoms with Gasteiger partial charge in [-0.2, -0.15) is 0 Å². The number of nitrogens with zero attached hydrogens (tertiary/aromatic N) is 3. The van der Waals surface area contributed by atoms with E-state index in [1.54, 1.807) is 17.4 Å². The Labute approximate surface area is 113 Å². The average Bonchev–Trinajstić information content (AvgIpc) is 2.78. The van der Waals surface area contributed by atoms with Crippen molar-refractivity contribution in [2.45, 2.75) is 6.92 Å². The van der Waals surface area contributed by atoms with Gasteiger partial charge in [0.15, 0.2) is 5.82 Å². The number of rotatable bonds is 2. The minimum Gasteiger partial charge on any atom is -0.372 e. The molecule has 0 amide bonds. The van der Waals surface area contributed by atoms with E-state index in [9.17, 15) is 4.39 Å². The molecule has 3 rings (SSSR count). The maximum Gasteiger partial charge on any atom is 0.181 e. The van der Waals surface area contributed by atoms with Crippen molar-refractivity contribution in [1.29, 1.82) is 0 Å². The third kappa shape index (κ3) is 2.15. The van der Waals surface area contributed by atoms with Crippen LogP contribution in [0, 0.1) is 12.7 Å². The molecule has 3 heterocycles. The second kappa shape index (κ2) is 4.55. The highest BCUT2D eigenvalue weighted by Gasteiger charge is 2.11. The zero-order valence-electron chi connectivity index (χ0n) is 10.4. The first-order valence-electron chi connectivity index (χ1n) is 5.75. The normalized spacial score (nSPS) is 10.9. The lowest BCUT2D eigenvalue weighted by Crippen LogP contribution is -1.98. The Balaban J connectivity index is 2.21. The van der Waals surface area contributed by atoms with Gasteiger partial charge in [0.1, 0.15) is 22.2 Å². The number of anilines is 1. The van der Waals surface area contributed by atoms with E-state index in [0.717, 1.165) is 16.0 Å². The van der Waals surface area contributed by atoms with Crippen molar-refractivity contribution in [2.24, 2.45) is 0 Å². The molecule has 0 aliphatic rings. The monoisotopic (exact) mass is 274 g/mol. The Morgan fingerprint density at radius 1 is 1.26 bits per heavy atom. The van der Waals surface area contributed by atoms with E-state index in [4.69, 9.17) is 0 Å². The summed E-state index contributed by atoms with van der Waals surface area (Å²) in [5.74, 6) is 0.889. The molecule has 0 aliphatic carbocycles. The SMILES string of the molecule is CNc1nc(-c2ccc(F)cn2)nc2sc(C)cc12. The minimum absolute atomic E-state index is 0.370. The number of nitrogens with one attached hydrogen (secondary N) is 1. The maximum absolute atomic E-state index is 12.9. The lowest BCUT2D eigenvalue weighted by molar-refractivity contribution is 0.621. The van der Waals surface area contributed by atoms with Gasteiger partial charge in [0.2, 0.25) is 0 Å². The standard InChI is InChI=1S/C13H11FN4S/c1-7-5-9-11(15-2)17-12(18-13(9)19-7)10-4-3-8(14)6-16-10/h3-6H,1-2H3,(H,15,17,18). The number of fused-ring (bicyclic) bond motifs is 1. The van der Waals surface area contributed by atoms with Gasteiger partial charge in [-0.1, -0.05) is 0 Å². The molecule has 1 N–H and O–H groups in total. The summed E-state index contributed by atoms with van der Waals surface area (Å²) < 4.78 is 12.9. The highest BCUT2D eigenvalue weighted by Crippen LogP contribution is 2.30. The second-order valence-electron chi connectivity index (χ2n) is 4.08. The zero-order chi connectivity index (χ0) is 13.4. The van der Waals surface area contributed by atoms with Crippen LogP contribution in [0.2, 0.25) is 0 Å². The molecule has 19 heavy (non-hydrogen) atoms. The number of thiophene rings is 1. The quantitative estimate of drug-likeness (QED) is 0.779. The molecule has 3 aromatic heterocycles. The third-order valence-electron chi connectivity index (χ3n) is 2.71. The van der Waals surface area contributed by atoms with Gasteiger partial charge in [0, 0.05) is 11.9 Å². The van der Waals surface area contributed by atoms with Crippen LogP contribution in [0.3, 0.4) is 0 Å². The summed E-state index contributed by atoms with van der Waals surface area (Å²) in [7, 11) is 1.82. The van der Waals surface area contributed by atoms with Crippen LogP contribution in [-0.2, 0) is 0 Å². The lowest BCUT2D eigenvalue weighted by Gasteiger charge is -2.04. The Hall–Kier alpha value is -2.08. The van der Waals surface area contributed by atoms with Gasteiger partial charge in [-0.05, 0) is 25.1 Å². The van der Waals surface area contributed by atoms with Crippen LogP contribution in [0.5, 0.6) is 0 Å². The van der Waals surface area contributed by atoms with Gasteiger partial charge in [-0.25, -0.2) is 19.3 Å². The van der Waals surface area contributed by atoms with E-state index < -0.39 is 0 Å². The fourth-order valence-corrected chi connectivity index (χ4v) is 2.73. The molecule has 96 valence electrons. The summed E-state index contributed by atoms with van der Waals surface area (Å²) in [6.45, 7) is 2.03. The number of halogens is 1. The first-order valence-corrected chi connectivity index (χ1v) is 6.57. The van der Waals surface area contributed by atoms with E-state index in [-0.39, 0.29) is 5.82 Å². The van der Waals surface area contributed by atoms with Crippen molar-refractivity contribution >= 4 is 27.4 Å². The van der Waals surface area contributed by atoms with Gasteiger partial charge in [-0.3, -0.25) is 0 Å². The molecule has 0 bridgehead atoms. The highest BCUT2D eigenvalue weighted by molar-refractivity contribution is 7.18. The highest BCUT2D eigenvalue weighted by atomic mass is 32.1. The predicted molar refractivity (Wildman–Crippen MR) is 74.9 cm³/mol. The van der Waals surface area contributed by atoms with Crippen LogP contribution in [0.15, 0.2) is 24.4 Å². The summed E-state index contributed by atoms with van der Waals surface area (Å²) in [6.07, 6.45) is 1.17. The molecular formula is C13H11FN4S. The molecule has 3 aromatic rings. The second-order valence-corrected chi connectivity index (χ2v) is 5.32. The molecule has 0 fully saturated rings. The molecule has 0 radical (unpaired) electrons. The maximum atomic E-state index is 12.9. The molecule has 6 heteroatoms. The number of aryl methyl sites for hydroxylation is 1. The van der Waals surface area contributed by atoms with Crippen molar-refractivity contribution in [3.8, 4) is 11.5 Å². The molecule has 0 saturated heterocycles. The van der Waals surface area contributed by atoms with Crippen LogP contribution in [0.4, 0.5) is 10.2 Å². The van der Waals surface area contributed by atoms with Crippen LogP contribution in [0.1, 0.15) is 4.88 Å². The first-order chi connectivity index (χ1) is 9.17. The van der Waals surface area contributed by atoms with Gasteiger partial charge >= 0.3 is 0 Å². The third-order valence-corrected chi connectivity index (χ3v) is 3.65. The Bertz CT molecular complexity index is 736. The molecule has 0 unspecified atom stereocenters. The topological polar surface area (TPSA) is 50.7 Å². The van der Waals surface area contributed by atoms with Crippen molar-refractivity contribution in [2.75, 3.05) is 12.4 Å². The fourth-order valence-electron chi connectivity index (χ4n) is 1.86. The summed E-state index contributed by atoms with van der Waals surface area (Å²) in [6, 6.07) is 4.98. The van der Waals surface area contributed by atoms with Crippen molar-refractivity contribution in [3.05, 3.63) is 35.1 Å². The van der Waals surface area contributed by atoms with Crippen molar-refractivity contribution < 1.29 is 4.39 Å². The molecule has 0 aliphatic heterocycles. The molecule has 4 nitrogen and oxygen atoms in total. The predicted octanol–water partition coefficient (Wildman–Crippen LogP) is 3.24. The van der Waals surface area contributed by atoms with Crippen LogP contribution < -0.4 is 5.32 Å². The van der Waals surface area contributed by atoms with E-state index in [1.807, 2.05) is 20.0 Å². The molecule has 0 spiro atoms. The number of pyridine rings is 1. The van der Waals surface area contributed by atoms with Crippen LogP contribution in [-0.4, -0.2) is 22.0 Å². The molecular weight excluding hydrogens is 263 g/mol. The van der Waals surface area contributed by atoms with E-state index >= 15 is 0 Å². The molecule has 0 atom stereocenters. The lowest BCUT2D eigenvalue weighted by atomic mass is 10.3. The summed E-state index contributed by atoms with van der Waals surface area (Å²) >= 11 is 1.60. The minimum atomic E-state index is -0.370. The number of hydrogen-bond acceptors (Lipinski definition) is 5. The zero-order valence-corrected chi connectivity index (χ0v) is 11.3. The van der Waals surface area contributed by atoms with Crippen molar-refractivity contribution in [3.63, 3.8) is 0 Å². The Kier molecular flexibility index (Phi) is 2.87. The Morgan fingerprint density at radius 3 is 2.79 bits per heavy atom. The smallest absolute Gasteiger partial charge is 0.181 e. The number of hydrogen-bond donors (Lipinski definition) is 1. The molecule has 0 aromatic carbocycles. The van der Waals surface area contributed by atoms with Gasteiger partial charge in [-0.15, -0.1) is 11.3 Å². The van der Waals surface area contributed by atoms with E-state index in [0.29, 0.717) is 11.5 Å².